The number of hydrogen-bond acceptors (Lipinski definition) is 3. The Kier molecular flexibility index (Phi) is 4.80. The van der Waals surface area contributed by atoms with Crippen LogP contribution in [0.4, 0.5) is 0 Å². The fraction of sp³-hybridized carbons (Fsp3) is 0.923. The molecular formula is C13H26N4. The second-order valence-electron chi connectivity index (χ2n) is 5.47. The number of rotatable bonds is 5. The Balaban J connectivity index is 1.64. The van der Waals surface area contributed by atoms with Gasteiger partial charge in [-0.1, -0.05) is 6.42 Å². The number of nitrogens with zero attached hydrogens (tertiary/aromatic N) is 2. The zero-order valence-electron chi connectivity index (χ0n) is 10.8. The van der Waals surface area contributed by atoms with E-state index in [1.165, 1.54) is 58.4 Å². The van der Waals surface area contributed by atoms with Gasteiger partial charge in [-0.15, -0.1) is 0 Å². The van der Waals surface area contributed by atoms with Gasteiger partial charge < -0.3 is 10.6 Å². The molecule has 2 fully saturated rings. The van der Waals surface area contributed by atoms with Gasteiger partial charge in [-0.05, 0) is 38.8 Å². The number of hydrogen-bond donors (Lipinski definition) is 2. The normalized spacial score (nSPS) is 26.7. The maximum absolute atomic E-state index is 7.20. The van der Waals surface area contributed by atoms with E-state index in [1.54, 1.807) is 0 Å². The average molecular weight is 238 g/mol. The van der Waals surface area contributed by atoms with Crippen molar-refractivity contribution in [1.29, 1.82) is 5.41 Å². The van der Waals surface area contributed by atoms with E-state index in [1.807, 2.05) is 0 Å². The van der Waals surface area contributed by atoms with Crippen molar-refractivity contribution in [2.45, 2.75) is 44.6 Å². The van der Waals surface area contributed by atoms with E-state index in [0.29, 0.717) is 5.84 Å². The molecule has 0 spiro atoms. The van der Waals surface area contributed by atoms with Crippen LogP contribution in [-0.4, -0.2) is 54.4 Å². The third-order valence-electron chi connectivity index (χ3n) is 4.09. The van der Waals surface area contributed by atoms with Gasteiger partial charge in [-0.3, -0.25) is 10.3 Å². The summed E-state index contributed by atoms with van der Waals surface area (Å²) < 4.78 is 0. The van der Waals surface area contributed by atoms with Crippen molar-refractivity contribution in [1.82, 2.24) is 9.80 Å². The van der Waals surface area contributed by atoms with Crippen LogP contribution in [0.5, 0.6) is 0 Å². The molecule has 3 N–H and O–H groups in total. The fourth-order valence-electron chi connectivity index (χ4n) is 3.07. The van der Waals surface area contributed by atoms with Gasteiger partial charge in [0.15, 0.2) is 0 Å². The molecule has 1 atom stereocenters. The second kappa shape index (κ2) is 6.36. The Hall–Kier alpha value is -0.610. The molecule has 0 aromatic heterocycles. The second-order valence-corrected chi connectivity index (χ2v) is 5.47. The number of amidine groups is 1. The molecule has 0 bridgehead atoms. The Morgan fingerprint density at radius 1 is 1.18 bits per heavy atom. The predicted octanol–water partition coefficient (Wildman–Crippen LogP) is 1.26. The Bertz CT molecular complexity index is 254. The van der Waals surface area contributed by atoms with E-state index in [-0.39, 0.29) is 0 Å². The van der Waals surface area contributed by atoms with Crippen molar-refractivity contribution in [3.63, 3.8) is 0 Å². The van der Waals surface area contributed by atoms with Gasteiger partial charge in [0.25, 0.3) is 0 Å². The summed E-state index contributed by atoms with van der Waals surface area (Å²) in [5, 5.41) is 7.20. The molecule has 2 aliphatic heterocycles. The SMILES string of the molecule is N=C(N)CCCCN1CCN2CCCCC2C1. The van der Waals surface area contributed by atoms with Crippen LogP contribution in [0.15, 0.2) is 0 Å². The van der Waals surface area contributed by atoms with Gasteiger partial charge in [0.05, 0.1) is 5.84 Å². The molecule has 98 valence electrons. The number of fused-ring (bicyclic) bond motifs is 1. The third-order valence-corrected chi connectivity index (χ3v) is 4.09. The van der Waals surface area contributed by atoms with Crippen LogP contribution in [0.1, 0.15) is 38.5 Å². The molecule has 0 aliphatic carbocycles. The minimum Gasteiger partial charge on any atom is -0.388 e. The Morgan fingerprint density at radius 2 is 2.06 bits per heavy atom. The lowest BCUT2D eigenvalue weighted by atomic mass is 9.99. The smallest absolute Gasteiger partial charge is 0.0905 e. The molecule has 2 rings (SSSR count). The zero-order valence-corrected chi connectivity index (χ0v) is 10.8. The van der Waals surface area contributed by atoms with Crippen LogP contribution in [0, 0.1) is 5.41 Å². The molecule has 17 heavy (non-hydrogen) atoms. The van der Waals surface area contributed by atoms with E-state index in [4.69, 9.17) is 11.1 Å². The number of unbranched alkanes of at least 4 members (excludes halogenated alkanes) is 1. The van der Waals surface area contributed by atoms with Crippen LogP contribution < -0.4 is 5.73 Å². The summed E-state index contributed by atoms with van der Waals surface area (Å²) in [5.41, 5.74) is 5.36. The van der Waals surface area contributed by atoms with Crippen molar-refractivity contribution < 1.29 is 0 Å². The van der Waals surface area contributed by atoms with Crippen LogP contribution >= 0.6 is 0 Å². The molecule has 0 saturated carbocycles. The summed E-state index contributed by atoms with van der Waals surface area (Å²) in [6.07, 6.45) is 7.23. The van der Waals surface area contributed by atoms with E-state index in [2.05, 4.69) is 9.80 Å². The minimum absolute atomic E-state index is 0.335. The van der Waals surface area contributed by atoms with Gasteiger partial charge >= 0.3 is 0 Å². The number of piperazine rings is 1. The molecular weight excluding hydrogens is 212 g/mol. The molecule has 4 nitrogen and oxygen atoms in total. The number of nitrogens with two attached hydrogens (primary N) is 1. The molecule has 4 heteroatoms. The maximum Gasteiger partial charge on any atom is 0.0905 e. The molecule has 2 aliphatic rings. The summed E-state index contributed by atoms with van der Waals surface area (Å²) in [6.45, 7) is 6.27. The summed E-state index contributed by atoms with van der Waals surface area (Å²) in [4.78, 5) is 5.28. The number of nitrogens with one attached hydrogen (secondary N) is 1. The van der Waals surface area contributed by atoms with Gasteiger partial charge in [0.1, 0.15) is 0 Å². The first-order valence-electron chi connectivity index (χ1n) is 7.05. The van der Waals surface area contributed by atoms with Crippen LogP contribution in [0.3, 0.4) is 0 Å². The van der Waals surface area contributed by atoms with E-state index >= 15 is 0 Å². The predicted molar refractivity (Wildman–Crippen MR) is 71.4 cm³/mol. The largest absolute Gasteiger partial charge is 0.388 e. The van der Waals surface area contributed by atoms with Gasteiger partial charge in [-0.25, -0.2) is 0 Å². The molecule has 2 heterocycles. The quantitative estimate of drug-likeness (QED) is 0.431. The first kappa shape index (κ1) is 12.8. The molecule has 0 aromatic carbocycles. The third kappa shape index (κ3) is 3.96. The summed E-state index contributed by atoms with van der Waals surface area (Å²) >= 11 is 0. The topological polar surface area (TPSA) is 56.4 Å². The lowest BCUT2D eigenvalue weighted by molar-refractivity contribution is 0.0488. The molecule has 2 saturated heterocycles. The summed E-state index contributed by atoms with van der Waals surface area (Å²) in [7, 11) is 0. The van der Waals surface area contributed by atoms with Crippen LogP contribution in [-0.2, 0) is 0 Å². The van der Waals surface area contributed by atoms with Gasteiger partial charge in [0.2, 0.25) is 0 Å². The standard InChI is InChI=1S/C13H26N4/c14-13(15)6-2-3-7-16-9-10-17-8-4-1-5-12(17)11-16/h12H,1-11H2,(H3,14,15). The van der Waals surface area contributed by atoms with Crippen LogP contribution in [0.2, 0.25) is 0 Å². The van der Waals surface area contributed by atoms with Gasteiger partial charge in [0, 0.05) is 32.1 Å². The fourth-order valence-corrected chi connectivity index (χ4v) is 3.07. The maximum atomic E-state index is 7.20. The minimum atomic E-state index is 0.335. The number of piperidine rings is 1. The molecule has 0 aromatic rings. The van der Waals surface area contributed by atoms with Gasteiger partial charge in [-0.2, -0.15) is 0 Å². The highest BCUT2D eigenvalue weighted by molar-refractivity contribution is 5.76. The molecule has 0 radical (unpaired) electrons. The van der Waals surface area contributed by atoms with Crippen molar-refractivity contribution in [3.05, 3.63) is 0 Å². The van der Waals surface area contributed by atoms with Crippen molar-refractivity contribution in [2.24, 2.45) is 5.73 Å². The highest BCUT2D eigenvalue weighted by atomic mass is 15.3. The first-order chi connectivity index (χ1) is 8.25. The van der Waals surface area contributed by atoms with Crippen LogP contribution in [0.25, 0.3) is 0 Å². The Morgan fingerprint density at radius 3 is 2.88 bits per heavy atom. The lowest BCUT2D eigenvalue weighted by Gasteiger charge is -2.44. The van der Waals surface area contributed by atoms with Crippen molar-refractivity contribution in [2.75, 3.05) is 32.7 Å². The van der Waals surface area contributed by atoms with E-state index in [0.717, 1.165) is 18.9 Å². The van der Waals surface area contributed by atoms with E-state index in [9.17, 15) is 0 Å². The highest BCUT2D eigenvalue weighted by Crippen LogP contribution is 2.21. The molecule has 0 amide bonds. The highest BCUT2D eigenvalue weighted by Gasteiger charge is 2.28. The van der Waals surface area contributed by atoms with Crippen molar-refractivity contribution in [3.8, 4) is 0 Å². The average Bonchev–Trinajstić information content (AvgIpc) is 2.34. The van der Waals surface area contributed by atoms with E-state index < -0.39 is 0 Å². The lowest BCUT2D eigenvalue weighted by Crippen LogP contribution is -2.54. The monoisotopic (exact) mass is 238 g/mol. The van der Waals surface area contributed by atoms with Crippen molar-refractivity contribution >= 4 is 5.84 Å². The first-order valence-corrected chi connectivity index (χ1v) is 7.05. The summed E-state index contributed by atoms with van der Waals surface area (Å²) in [5.74, 6) is 0.335. The zero-order chi connectivity index (χ0) is 12.1. The molecule has 1 unspecified atom stereocenters. The summed E-state index contributed by atoms with van der Waals surface area (Å²) in [6, 6.07) is 0.824. The Labute approximate surface area is 105 Å².